The molecule has 2 atom stereocenters. The number of hydrogen-bond acceptors (Lipinski definition) is 2. The van der Waals surface area contributed by atoms with Crippen molar-refractivity contribution in [3.05, 3.63) is 11.5 Å². The summed E-state index contributed by atoms with van der Waals surface area (Å²) in [6.45, 7) is 2.18. The van der Waals surface area contributed by atoms with Crippen LogP contribution in [0.2, 0.25) is 0 Å². The van der Waals surface area contributed by atoms with Crippen molar-refractivity contribution in [3.8, 4) is 0 Å². The van der Waals surface area contributed by atoms with Crippen molar-refractivity contribution in [2.75, 3.05) is 0 Å². The summed E-state index contributed by atoms with van der Waals surface area (Å²) in [5.74, 6) is 0.187. The molecule has 1 nitrogen and oxygen atoms in total. The molecule has 2 heteroatoms. The second-order valence-electron chi connectivity index (χ2n) is 2.86. The SMILES string of the molecule is CCCCC1SC=CC1C=O. The highest BCUT2D eigenvalue weighted by Crippen LogP contribution is 2.31. The molecule has 0 aromatic rings. The number of hydrogen-bond donors (Lipinski definition) is 0. The minimum atomic E-state index is 0.187. The van der Waals surface area contributed by atoms with Gasteiger partial charge in [-0.3, -0.25) is 0 Å². The average Bonchev–Trinajstić information content (AvgIpc) is 2.47. The van der Waals surface area contributed by atoms with E-state index in [2.05, 4.69) is 12.3 Å². The lowest BCUT2D eigenvalue weighted by atomic mass is 10.0. The van der Waals surface area contributed by atoms with Crippen molar-refractivity contribution in [2.24, 2.45) is 5.92 Å². The molecule has 0 aromatic heterocycles. The second kappa shape index (κ2) is 4.60. The van der Waals surface area contributed by atoms with Crippen LogP contribution < -0.4 is 0 Å². The van der Waals surface area contributed by atoms with E-state index in [0.717, 1.165) is 6.29 Å². The Balaban J connectivity index is 2.29. The van der Waals surface area contributed by atoms with Gasteiger partial charge >= 0.3 is 0 Å². The molecule has 2 unspecified atom stereocenters. The first-order chi connectivity index (χ1) is 5.38. The number of carbonyl (C=O) groups is 1. The molecule has 11 heavy (non-hydrogen) atoms. The van der Waals surface area contributed by atoms with E-state index >= 15 is 0 Å². The average molecular weight is 170 g/mol. The van der Waals surface area contributed by atoms with Crippen LogP contribution in [0.3, 0.4) is 0 Å². The quantitative estimate of drug-likeness (QED) is 0.603. The van der Waals surface area contributed by atoms with Gasteiger partial charge in [-0.15, -0.1) is 11.8 Å². The van der Waals surface area contributed by atoms with E-state index in [1.54, 1.807) is 11.8 Å². The summed E-state index contributed by atoms with van der Waals surface area (Å²) in [7, 11) is 0. The van der Waals surface area contributed by atoms with Crippen LogP contribution >= 0.6 is 11.8 Å². The fourth-order valence-electron chi connectivity index (χ4n) is 1.25. The first-order valence-corrected chi connectivity index (χ1v) is 5.10. The van der Waals surface area contributed by atoms with Crippen molar-refractivity contribution in [3.63, 3.8) is 0 Å². The predicted molar refractivity (Wildman–Crippen MR) is 49.6 cm³/mol. The highest BCUT2D eigenvalue weighted by Gasteiger charge is 2.21. The summed E-state index contributed by atoms with van der Waals surface area (Å²) in [6, 6.07) is 0. The number of rotatable bonds is 4. The Bertz CT molecular complexity index is 154. The zero-order chi connectivity index (χ0) is 8.10. The zero-order valence-corrected chi connectivity index (χ0v) is 7.64. The molecule has 0 aromatic carbocycles. The molecule has 0 bridgehead atoms. The van der Waals surface area contributed by atoms with Gasteiger partial charge < -0.3 is 4.79 Å². The van der Waals surface area contributed by atoms with Gasteiger partial charge in [-0.2, -0.15) is 0 Å². The van der Waals surface area contributed by atoms with Crippen LogP contribution in [0.1, 0.15) is 26.2 Å². The van der Waals surface area contributed by atoms with Crippen LogP contribution in [0.25, 0.3) is 0 Å². The van der Waals surface area contributed by atoms with Gasteiger partial charge in [-0.05, 0) is 11.8 Å². The fraction of sp³-hybridized carbons (Fsp3) is 0.667. The summed E-state index contributed by atoms with van der Waals surface area (Å²) in [6.07, 6.45) is 6.72. The molecular weight excluding hydrogens is 156 g/mol. The lowest BCUT2D eigenvalue weighted by molar-refractivity contribution is -0.109. The fourth-order valence-corrected chi connectivity index (χ4v) is 2.36. The number of unbranched alkanes of at least 4 members (excludes halogenated alkanes) is 1. The van der Waals surface area contributed by atoms with Gasteiger partial charge in [0, 0.05) is 11.2 Å². The van der Waals surface area contributed by atoms with Crippen molar-refractivity contribution in [1.29, 1.82) is 0 Å². The van der Waals surface area contributed by atoms with Crippen LogP contribution in [-0.2, 0) is 4.79 Å². The van der Waals surface area contributed by atoms with E-state index in [1.165, 1.54) is 19.3 Å². The van der Waals surface area contributed by atoms with Gasteiger partial charge in [0.15, 0.2) is 0 Å². The lowest BCUT2D eigenvalue weighted by Gasteiger charge is -2.11. The molecule has 0 spiro atoms. The summed E-state index contributed by atoms with van der Waals surface area (Å²) < 4.78 is 0. The van der Waals surface area contributed by atoms with Gasteiger partial charge in [0.2, 0.25) is 0 Å². The molecular formula is C9H14OS. The molecule has 62 valence electrons. The smallest absolute Gasteiger partial charge is 0.127 e. The molecule has 0 N–H and O–H groups in total. The van der Waals surface area contributed by atoms with Crippen molar-refractivity contribution in [1.82, 2.24) is 0 Å². The minimum Gasteiger partial charge on any atom is -0.303 e. The highest BCUT2D eigenvalue weighted by atomic mass is 32.2. The van der Waals surface area contributed by atoms with Gasteiger partial charge in [0.25, 0.3) is 0 Å². The van der Waals surface area contributed by atoms with Crippen LogP contribution in [-0.4, -0.2) is 11.5 Å². The van der Waals surface area contributed by atoms with E-state index < -0.39 is 0 Å². The Morgan fingerprint density at radius 2 is 2.45 bits per heavy atom. The standard InChI is InChI=1S/C9H14OS/c1-2-3-4-9-8(7-10)5-6-11-9/h5-9H,2-4H2,1H3. The molecule has 1 aliphatic rings. The van der Waals surface area contributed by atoms with Gasteiger partial charge in [0.1, 0.15) is 6.29 Å². The van der Waals surface area contributed by atoms with E-state index in [9.17, 15) is 4.79 Å². The Morgan fingerprint density at radius 1 is 1.64 bits per heavy atom. The van der Waals surface area contributed by atoms with Crippen LogP contribution in [0.4, 0.5) is 0 Å². The Kier molecular flexibility index (Phi) is 3.70. The third-order valence-corrected chi connectivity index (χ3v) is 3.20. The second-order valence-corrected chi connectivity index (χ2v) is 4.01. The summed E-state index contributed by atoms with van der Waals surface area (Å²) in [5.41, 5.74) is 0. The van der Waals surface area contributed by atoms with Gasteiger partial charge in [-0.25, -0.2) is 0 Å². The molecule has 0 fully saturated rings. The van der Waals surface area contributed by atoms with Crippen LogP contribution in [0.5, 0.6) is 0 Å². The maximum absolute atomic E-state index is 10.5. The Hall–Kier alpha value is -0.240. The number of thioether (sulfide) groups is 1. The van der Waals surface area contributed by atoms with E-state index in [-0.39, 0.29) is 5.92 Å². The lowest BCUT2D eigenvalue weighted by Crippen LogP contribution is -2.12. The van der Waals surface area contributed by atoms with Gasteiger partial charge in [-0.1, -0.05) is 25.8 Å². The van der Waals surface area contributed by atoms with Crippen molar-refractivity contribution < 1.29 is 4.79 Å². The topological polar surface area (TPSA) is 17.1 Å². The molecule has 1 aliphatic heterocycles. The maximum atomic E-state index is 10.5. The number of aldehydes is 1. The monoisotopic (exact) mass is 170 g/mol. The first kappa shape index (κ1) is 8.85. The molecule has 0 aliphatic carbocycles. The van der Waals surface area contributed by atoms with E-state index in [0.29, 0.717) is 5.25 Å². The molecule has 0 amide bonds. The van der Waals surface area contributed by atoms with Crippen LogP contribution in [0, 0.1) is 5.92 Å². The molecule has 0 saturated heterocycles. The van der Waals surface area contributed by atoms with Gasteiger partial charge in [0.05, 0.1) is 0 Å². The summed E-state index contributed by atoms with van der Waals surface area (Å²) >= 11 is 1.80. The van der Waals surface area contributed by atoms with Crippen molar-refractivity contribution in [2.45, 2.75) is 31.4 Å². The van der Waals surface area contributed by atoms with E-state index in [1.807, 2.05) is 6.08 Å². The molecule has 1 rings (SSSR count). The number of allylic oxidation sites excluding steroid dienone is 1. The Labute approximate surface area is 72.2 Å². The normalized spacial score (nSPS) is 29.2. The highest BCUT2D eigenvalue weighted by molar-refractivity contribution is 8.03. The first-order valence-electron chi connectivity index (χ1n) is 4.16. The maximum Gasteiger partial charge on any atom is 0.127 e. The van der Waals surface area contributed by atoms with Crippen LogP contribution in [0.15, 0.2) is 11.5 Å². The van der Waals surface area contributed by atoms with Crippen molar-refractivity contribution >= 4 is 18.0 Å². The summed E-state index contributed by atoms with van der Waals surface area (Å²) in [5, 5.41) is 2.59. The minimum absolute atomic E-state index is 0.187. The largest absolute Gasteiger partial charge is 0.303 e. The summed E-state index contributed by atoms with van der Waals surface area (Å²) in [4.78, 5) is 10.5. The molecule has 0 radical (unpaired) electrons. The molecule has 1 heterocycles. The molecule has 0 saturated carbocycles. The number of carbonyl (C=O) groups excluding carboxylic acids is 1. The van der Waals surface area contributed by atoms with E-state index in [4.69, 9.17) is 0 Å². The predicted octanol–water partition coefficient (Wildman–Crippen LogP) is 2.62. The third kappa shape index (κ3) is 2.37. The Morgan fingerprint density at radius 3 is 3.09 bits per heavy atom. The third-order valence-electron chi connectivity index (χ3n) is 1.98. The zero-order valence-electron chi connectivity index (χ0n) is 6.82.